The van der Waals surface area contributed by atoms with E-state index in [0.717, 1.165) is 61.3 Å². The highest BCUT2D eigenvalue weighted by molar-refractivity contribution is 5.78. The summed E-state index contributed by atoms with van der Waals surface area (Å²) < 4.78 is 2.13. The van der Waals surface area contributed by atoms with Crippen LogP contribution < -0.4 is 0 Å². The van der Waals surface area contributed by atoms with Gasteiger partial charge in [-0.3, -0.25) is 19.0 Å². The van der Waals surface area contributed by atoms with Crippen LogP contribution >= 0.6 is 0 Å². The summed E-state index contributed by atoms with van der Waals surface area (Å²) in [5.41, 5.74) is 5.53. The molecule has 2 aliphatic rings. The molecule has 1 aliphatic heterocycles. The summed E-state index contributed by atoms with van der Waals surface area (Å²) in [6.07, 6.45) is 7.74. The Balaban J connectivity index is 1.22. The smallest absolute Gasteiger partial charge is 0.249 e. The van der Waals surface area contributed by atoms with Crippen molar-refractivity contribution < 1.29 is 9.63 Å². The molecule has 1 saturated carbocycles. The van der Waals surface area contributed by atoms with Gasteiger partial charge in [-0.2, -0.15) is 0 Å². The number of carbonyl (C=O) groups is 1. The first-order valence-electron chi connectivity index (χ1n) is 11.7. The number of fused-ring (bicyclic) bond motifs is 1. The first-order valence-corrected chi connectivity index (χ1v) is 11.7. The van der Waals surface area contributed by atoms with Gasteiger partial charge in [0.2, 0.25) is 5.91 Å². The van der Waals surface area contributed by atoms with Gasteiger partial charge in [-0.15, -0.1) is 10.2 Å². The molecular formula is C25H31N5O2. The normalized spacial score (nSPS) is 23.7. The third kappa shape index (κ3) is 3.90. The maximum absolute atomic E-state index is 13.3. The van der Waals surface area contributed by atoms with E-state index in [1.54, 1.807) is 5.06 Å². The van der Waals surface area contributed by atoms with Gasteiger partial charge in [0.15, 0.2) is 5.65 Å². The van der Waals surface area contributed by atoms with Crippen LogP contribution in [0.2, 0.25) is 0 Å². The average molecular weight is 434 g/mol. The SMILES string of the molecule is Cc1ccc([C@@H]2CCON2C(=O)C2CCC(Cc3ccc4nnc(C)n4c3C)CC2)cn1. The van der Waals surface area contributed by atoms with Gasteiger partial charge in [0, 0.05) is 29.9 Å². The molecule has 0 N–H and O–H groups in total. The molecule has 0 radical (unpaired) electrons. The summed E-state index contributed by atoms with van der Waals surface area (Å²) in [6, 6.07) is 8.30. The van der Waals surface area contributed by atoms with Crippen LogP contribution in [0, 0.1) is 32.6 Å². The zero-order chi connectivity index (χ0) is 22.2. The largest absolute Gasteiger partial charge is 0.284 e. The molecule has 5 rings (SSSR count). The number of amides is 1. The van der Waals surface area contributed by atoms with Crippen LogP contribution in [-0.4, -0.2) is 37.2 Å². The van der Waals surface area contributed by atoms with E-state index >= 15 is 0 Å². The van der Waals surface area contributed by atoms with E-state index in [9.17, 15) is 4.79 Å². The van der Waals surface area contributed by atoms with Gasteiger partial charge in [0.05, 0.1) is 12.6 Å². The molecule has 1 saturated heterocycles. The third-order valence-electron chi connectivity index (χ3n) is 7.23. The molecule has 1 aliphatic carbocycles. The average Bonchev–Trinajstić information content (AvgIpc) is 3.44. The number of aromatic nitrogens is 4. The monoisotopic (exact) mass is 433 g/mol. The van der Waals surface area contributed by atoms with E-state index in [0.29, 0.717) is 12.5 Å². The Morgan fingerprint density at radius 3 is 2.59 bits per heavy atom. The van der Waals surface area contributed by atoms with Gasteiger partial charge >= 0.3 is 0 Å². The Kier molecular flexibility index (Phi) is 5.67. The van der Waals surface area contributed by atoms with E-state index in [4.69, 9.17) is 4.84 Å². The highest BCUT2D eigenvalue weighted by Gasteiger charge is 2.37. The highest BCUT2D eigenvalue weighted by Crippen LogP contribution is 2.37. The fourth-order valence-corrected chi connectivity index (χ4v) is 5.33. The minimum absolute atomic E-state index is 0.0188. The van der Waals surface area contributed by atoms with E-state index in [-0.39, 0.29) is 17.9 Å². The Bertz CT molecular complexity index is 1120. The van der Waals surface area contributed by atoms with Gasteiger partial charge in [-0.05, 0) is 82.1 Å². The molecule has 2 fully saturated rings. The Morgan fingerprint density at radius 1 is 1.03 bits per heavy atom. The van der Waals surface area contributed by atoms with Crippen molar-refractivity contribution >= 4 is 11.6 Å². The lowest BCUT2D eigenvalue weighted by Crippen LogP contribution is -2.36. The molecule has 32 heavy (non-hydrogen) atoms. The molecule has 1 atom stereocenters. The number of hydrogen-bond donors (Lipinski definition) is 0. The van der Waals surface area contributed by atoms with Crippen LogP contribution in [-0.2, 0) is 16.1 Å². The molecule has 7 heteroatoms. The number of carbonyl (C=O) groups excluding carboxylic acids is 1. The fraction of sp³-hybridized carbons (Fsp3) is 0.520. The van der Waals surface area contributed by atoms with Crippen molar-refractivity contribution in [2.24, 2.45) is 11.8 Å². The maximum atomic E-state index is 13.3. The number of pyridine rings is 2. The Morgan fingerprint density at radius 2 is 1.84 bits per heavy atom. The molecule has 0 aromatic carbocycles. The highest BCUT2D eigenvalue weighted by atomic mass is 16.7. The van der Waals surface area contributed by atoms with E-state index < -0.39 is 0 Å². The van der Waals surface area contributed by atoms with Crippen LogP contribution in [0.3, 0.4) is 0 Å². The minimum Gasteiger partial charge on any atom is -0.284 e. The molecular weight excluding hydrogens is 402 g/mol. The first-order chi connectivity index (χ1) is 15.5. The van der Waals surface area contributed by atoms with Gasteiger partial charge < -0.3 is 0 Å². The van der Waals surface area contributed by atoms with Crippen molar-refractivity contribution in [3.05, 3.63) is 58.8 Å². The second kappa shape index (κ2) is 8.62. The van der Waals surface area contributed by atoms with Crippen molar-refractivity contribution in [2.45, 2.75) is 65.3 Å². The number of hydrogen-bond acceptors (Lipinski definition) is 5. The molecule has 4 heterocycles. The summed E-state index contributed by atoms with van der Waals surface area (Å²) in [4.78, 5) is 23.5. The Hall–Kier alpha value is -2.80. The topological polar surface area (TPSA) is 72.6 Å². The standard InChI is InChI=1S/C25H31N5O2/c1-16-4-7-22(15-26-16)23-12-13-32-30(23)25(31)20-8-5-19(6-9-20)14-21-10-11-24-28-27-18(3)29(24)17(21)2/h4,7,10-11,15,19-20,23H,5-6,8-9,12-14H2,1-3H3/t19?,20?,23-/m0/s1. The lowest BCUT2D eigenvalue weighted by Gasteiger charge is -2.32. The predicted molar refractivity (Wildman–Crippen MR) is 121 cm³/mol. The molecule has 0 spiro atoms. The molecule has 0 unspecified atom stereocenters. The van der Waals surface area contributed by atoms with Crippen molar-refractivity contribution in [3.63, 3.8) is 0 Å². The maximum Gasteiger partial charge on any atom is 0.249 e. The third-order valence-corrected chi connectivity index (χ3v) is 7.23. The second-order valence-corrected chi connectivity index (χ2v) is 9.34. The number of nitrogens with zero attached hydrogens (tertiary/aromatic N) is 5. The summed E-state index contributed by atoms with van der Waals surface area (Å²) in [7, 11) is 0. The van der Waals surface area contributed by atoms with Crippen molar-refractivity contribution in [1.82, 2.24) is 24.6 Å². The minimum atomic E-state index is -0.0188. The summed E-state index contributed by atoms with van der Waals surface area (Å²) in [5, 5.41) is 10.1. The van der Waals surface area contributed by atoms with Crippen LogP contribution in [0.25, 0.3) is 5.65 Å². The molecule has 168 valence electrons. The lowest BCUT2D eigenvalue weighted by atomic mass is 9.78. The molecule has 7 nitrogen and oxygen atoms in total. The van der Waals surface area contributed by atoms with Gasteiger partial charge in [-0.25, -0.2) is 5.06 Å². The van der Waals surface area contributed by atoms with Crippen molar-refractivity contribution in [3.8, 4) is 0 Å². The fourth-order valence-electron chi connectivity index (χ4n) is 5.33. The predicted octanol–water partition coefficient (Wildman–Crippen LogP) is 4.30. The van der Waals surface area contributed by atoms with Crippen LogP contribution in [0.1, 0.15) is 66.5 Å². The number of aryl methyl sites for hydroxylation is 3. The van der Waals surface area contributed by atoms with E-state index in [2.05, 4.69) is 44.7 Å². The van der Waals surface area contributed by atoms with Gasteiger partial charge in [-0.1, -0.05) is 12.1 Å². The number of rotatable bonds is 4. The molecule has 3 aromatic rings. The van der Waals surface area contributed by atoms with E-state index in [1.165, 1.54) is 11.3 Å². The lowest BCUT2D eigenvalue weighted by molar-refractivity contribution is -0.183. The summed E-state index contributed by atoms with van der Waals surface area (Å²) in [5.74, 6) is 1.72. The quantitative estimate of drug-likeness (QED) is 0.613. The second-order valence-electron chi connectivity index (χ2n) is 9.34. The molecule has 1 amide bonds. The van der Waals surface area contributed by atoms with Crippen LogP contribution in [0.15, 0.2) is 30.5 Å². The van der Waals surface area contributed by atoms with Crippen LogP contribution in [0.4, 0.5) is 0 Å². The molecule has 3 aromatic heterocycles. The van der Waals surface area contributed by atoms with Crippen molar-refractivity contribution in [2.75, 3.05) is 6.61 Å². The van der Waals surface area contributed by atoms with Gasteiger partial charge in [0.1, 0.15) is 5.82 Å². The first kappa shape index (κ1) is 21.1. The molecule has 0 bridgehead atoms. The summed E-state index contributed by atoms with van der Waals surface area (Å²) in [6.45, 7) is 6.71. The zero-order valence-electron chi connectivity index (χ0n) is 19.1. The summed E-state index contributed by atoms with van der Waals surface area (Å²) >= 11 is 0. The van der Waals surface area contributed by atoms with Crippen LogP contribution in [0.5, 0.6) is 0 Å². The van der Waals surface area contributed by atoms with Crippen molar-refractivity contribution in [1.29, 1.82) is 0 Å². The van der Waals surface area contributed by atoms with Gasteiger partial charge in [0.25, 0.3) is 0 Å². The van der Waals surface area contributed by atoms with E-state index in [1.807, 2.05) is 26.1 Å². The zero-order valence-corrected chi connectivity index (χ0v) is 19.1. The number of hydroxylamine groups is 2. The Labute approximate surface area is 188 Å².